The van der Waals surface area contributed by atoms with Gasteiger partial charge in [-0.1, -0.05) is 194 Å². The molecular formula is C63H70N3OPt-. The first-order chi connectivity index (χ1) is 31.2. The number of aromatic hydroxyl groups is 1. The van der Waals surface area contributed by atoms with Crippen LogP contribution in [0.1, 0.15) is 137 Å². The van der Waals surface area contributed by atoms with Gasteiger partial charge in [0.2, 0.25) is 0 Å². The second-order valence-electron chi connectivity index (χ2n) is 23.9. The first kappa shape index (κ1) is 50.3. The number of hydrogen-bond donors (Lipinski definition) is 1. The van der Waals surface area contributed by atoms with Crippen LogP contribution in [0.15, 0.2) is 128 Å². The van der Waals surface area contributed by atoms with E-state index in [4.69, 9.17) is 9.97 Å². The van der Waals surface area contributed by atoms with Crippen LogP contribution in [0.2, 0.25) is 0 Å². The van der Waals surface area contributed by atoms with E-state index in [0.717, 1.165) is 66.9 Å². The van der Waals surface area contributed by atoms with Crippen molar-refractivity contribution in [3.63, 3.8) is 0 Å². The fourth-order valence-electron chi connectivity index (χ4n) is 8.97. The number of aryl methyl sites for hydroxylation is 1. The molecule has 8 aromatic rings. The van der Waals surface area contributed by atoms with Gasteiger partial charge in [-0.05, 0) is 109 Å². The summed E-state index contributed by atoms with van der Waals surface area (Å²) in [7, 11) is 0. The third kappa shape index (κ3) is 10.1. The molecule has 0 spiro atoms. The summed E-state index contributed by atoms with van der Waals surface area (Å²) in [5.74, 6) is 0.955. The molecule has 4 nitrogen and oxygen atoms in total. The third-order valence-electron chi connectivity index (χ3n) is 13.3. The van der Waals surface area contributed by atoms with Crippen molar-refractivity contribution in [2.45, 2.75) is 138 Å². The maximum absolute atomic E-state index is 12.5. The summed E-state index contributed by atoms with van der Waals surface area (Å²) in [6.07, 6.45) is 1.89. The van der Waals surface area contributed by atoms with Gasteiger partial charge in [-0.15, -0.1) is 29.3 Å². The number of rotatable bonds is 6. The van der Waals surface area contributed by atoms with Crippen LogP contribution in [0.25, 0.3) is 72.7 Å². The number of hydrogen-bond acceptors (Lipinski definition) is 3. The molecule has 0 unspecified atom stereocenters. The van der Waals surface area contributed by atoms with E-state index in [2.05, 4.69) is 237 Å². The van der Waals surface area contributed by atoms with Crippen LogP contribution in [0.3, 0.4) is 0 Å². The van der Waals surface area contributed by atoms with Gasteiger partial charge in [0, 0.05) is 38.5 Å². The molecule has 0 aliphatic heterocycles. The van der Waals surface area contributed by atoms with Crippen molar-refractivity contribution in [1.82, 2.24) is 14.5 Å². The SMILES string of the molecule is Cc1cc(-c2cc(C(C)(C)C)cc(C(C)(C)C)c2)ccc1-n1c(-c2cc(C(C)(C)C)cc(C(C)(C)C)c2O)nc2c(-c3[c-]c(-c4cc(-c5ccccc5)ccn4)cc(C(C)(C)C)c3)cccc21.[Pt]. The van der Waals surface area contributed by atoms with Crippen LogP contribution < -0.4 is 0 Å². The fourth-order valence-corrected chi connectivity index (χ4v) is 8.97. The summed E-state index contributed by atoms with van der Waals surface area (Å²) >= 11 is 0. The summed E-state index contributed by atoms with van der Waals surface area (Å²) < 4.78 is 2.28. The number of phenols is 1. The summed E-state index contributed by atoms with van der Waals surface area (Å²) in [6, 6.07) is 47.8. The first-order valence-electron chi connectivity index (χ1n) is 24.0. The molecule has 0 bridgehead atoms. The zero-order valence-corrected chi connectivity index (χ0v) is 45.5. The first-order valence-corrected chi connectivity index (χ1v) is 24.0. The number of imidazole rings is 1. The topological polar surface area (TPSA) is 50.9 Å². The minimum atomic E-state index is -0.322. The molecule has 0 atom stereocenters. The van der Waals surface area contributed by atoms with Gasteiger partial charge in [0.15, 0.2) is 0 Å². The van der Waals surface area contributed by atoms with Crippen LogP contribution in [0.5, 0.6) is 5.75 Å². The standard InChI is InChI=1S/C63H70N3O.Pt/c1-39-29-41(43-31-47(60(5,6)7)36-48(32-43)61(8,9)10)25-26-54(39)66-55-24-20-23-50(56(55)65-58(66)51-37-49(62(11,12)13)38-52(57(51)67)63(14,15)16)44-30-45(34-46(33-44)59(2,3)4)53-35-42(27-28-64-53)40-21-18-17-19-22-40;/h17-29,31-38,67H,1-16H3;/q-1;. The minimum Gasteiger partial charge on any atom is -0.507 e. The van der Waals surface area contributed by atoms with E-state index in [1.165, 1.54) is 27.8 Å². The van der Waals surface area contributed by atoms with E-state index < -0.39 is 0 Å². The number of benzene rings is 6. The van der Waals surface area contributed by atoms with Crippen LogP contribution >= 0.6 is 0 Å². The van der Waals surface area contributed by atoms with Crippen molar-refractivity contribution >= 4 is 11.0 Å². The molecule has 0 amide bonds. The van der Waals surface area contributed by atoms with Crippen LogP contribution in [0, 0.1) is 13.0 Å². The molecule has 1 N–H and O–H groups in total. The molecule has 5 heteroatoms. The van der Waals surface area contributed by atoms with E-state index in [1.54, 1.807) is 0 Å². The molecule has 0 aliphatic carbocycles. The molecular weight excluding hydrogens is 1010 g/mol. The largest absolute Gasteiger partial charge is 0.507 e. The fraction of sp³-hybridized carbons (Fsp3) is 0.333. The summed E-state index contributed by atoms with van der Waals surface area (Å²) in [4.78, 5) is 10.6. The molecule has 0 radical (unpaired) electrons. The number of pyridine rings is 1. The van der Waals surface area contributed by atoms with E-state index in [0.29, 0.717) is 11.4 Å². The molecule has 0 fully saturated rings. The van der Waals surface area contributed by atoms with Crippen molar-refractivity contribution in [3.8, 4) is 67.5 Å². The zero-order chi connectivity index (χ0) is 48.6. The monoisotopic (exact) mass is 1080 g/mol. The average molecular weight is 1080 g/mol. The van der Waals surface area contributed by atoms with Crippen LogP contribution in [-0.4, -0.2) is 19.6 Å². The number of nitrogens with zero attached hydrogens (tertiary/aromatic N) is 3. The Morgan fingerprint density at radius 1 is 0.485 bits per heavy atom. The Hall–Kier alpha value is -5.57. The molecule has 2 heterocycles. The normalized spacial score (nSPS) is 12.6. The van der Waals surface area contributed by atoms with Gasteiger partial charge in [0.1, 0.15) is 11.6 Å². The van der Waals surface area contributed by atoms with Crippen LogP contribution in [-0.2, 0) is 48.1 Å². The maximum Gasteiger partial charge on any atom is 0.148 e. The Labute approximate surface area is 421 Å². The molecule has 68 heavy (non-hydrogen) atoms. The molecule has 354 valence electrons. The third-order valence-corrected chi connectivity index (χ3v) is 13.3. The number of aromatic nitrogens is 3. The Morgan fingerprint density at radius 3 is 1.65 bits per heavy atom. The van der Waals surface area contributed by atoms with E-state index in [9.17, 15) is 5.11 Å². The Morgan fingerprint density at radius 2 is 1.06 bits per heavy atom. The van der Waals surface area contributed by atoms with Gasteiger partial charge >= 0.3 is 0 Å². The molecule has 8 rings (SSSR count). The van der Waals surface area contributed by atoms with Crippen molar-refractivity contribution in [1.29, 1.82) is 0 Å². The molecule has 0 saturated carbocycles. The quantitative estimate of drug-likeness (QED) is 0.169. The Kier molecular flexibility index (Phi) is 13.4. The van der Waals surface area contributed by atoms with Crippen LogP contribution in [0.4, 0.5) is 0 Å². The van der Waals surface area contributed by atoms with Crippen molar-refractivity contribution in [3.05, 3.63) is 167 Å². The zero-order valence-electron chi connectivity index (χ0n) is 43.2. The number of phenolic OH excluding ortho intramolecular Hbond substituents is 1. The van der Waals surface area contributed by atoms with Gasteiger partial charge < -0.3 is 5.11 Å². The van der Waals surface area contributed by atoms with Gasteiger partial charge in [-0.25, -0.2) is 4.98 Å². The molecule has 2 aromatic heterocycles. The van der Waals surface area contributed by atoms with Gasteiger partial charge in [-0.2, -0.15) is 0 Å². The number of fused-ring (bicyclic) bond motifs is 1. The Balaban J connectivity index is 0.00000684. The average Bonchev–Trinajstić information content (AvgIpc) is 3.64. The predicted molar refractivity (Wildman–Crippen MR) is 285 cm³/mol. The summed E-state index contributed by atoms with van der Waals surface area (Å²) in [5.41, 5.74) is 18.2. The smallest absolute Gasteiger partial charge is 0.148 e. The summed E-state index contributed by atoms with van der Waals surface area (Å²) in [6.45, 7) is 35.9. The van der Waals surface area contributed by atoms with E-state index in [1.807, 2.05) is 12.3 Å². The predicted octanol–water partition coefficient (Wildman–Crippen LogP) is 17.1. The van der Waals surface area contributed by atoms with E-state index in [-0.39, 0.29) is 53.9 Å². The number of para-hydroxylation sites is 1. The van der Waals surface area contributed by atoms with Crippen molar-refractivity contribution < 1.29 is 26.2 Å². The second kappa shape index (κ2) is 18.1. The summed E-state index contributed by atoms with van der Waals surface area (Å²) in [5, 5.41) is 12.5. The van der Waals surface area contributed by atoms with Crippen molar-refractivity contribution in [2.24, 2.45) is 0 Å². The maximum atomic E-state index is 12.5. The molecule has 6 aromatic carbocycles. The Bertz CT molecular complexity index is 3120. The molecule has 0 aliphatic rings. The second-order valence-corrected chi connectivity index (χ2v) is 23.9. The minimum absolute atomic E-state index is 0. The molecule has 0 saturated heterocycles. The van der Waals surface area contributed by atoms with Crippen molar-refractivity contribution in [2.75, 3.05) is 0 Å². The van der Waals surface area contributed by atoms with Gasteiger partial charge in [0.25, 0.3) is 0 Å². The van der Waals surface area contributed by atoms with Gasteiger partial charge in [0.05, 0.1) is 22.3 Å². The van der Waals surface area contributed by atoms with Gasteiger partial charge in [-0.3, -0.25) is 9.55 Å². The van der Waals surface area contributed by atoms with E-state index >= 15 is 0 Å².